The third kappa shape index (κ3) is 4.37. The molecule has 0 atom stereocenters. The number of hydrogen-bond donors (Lipinski definition) is 1. The van der Waals surface area contributed by atoms with Gasteiger partial charge in [-0.1, -0.05) is 36.1 Å². The molecule has 108 valence electrons. The molecule has 2 heteroatoms. The quantitative estimate of drug-likeness (QED) is 0.867. The Hall–Kier alpha value is -2.24. The monoisotopic (exact) mass is 280 g/mol. The third-order valence-electron chi connectivity index (χ3n) is 3.35. The predicted octanol–water partition coefficient (Wildman–Crippen LogP) is 3.62. The van der Waals surface area contributed by atoms with Crippen molar-refractivity contribution in [2.75, 3.05) is 6.61 Å². The van der Waals surface area contributed by atoms with E-state index in [1.165, 1.54) is 11.1 Å². The van der Waals surface area contributed by atoms with E-state index in [1.54, 1.807) is 0 Å². The van der Waals surface area contributed by atoms with Crippen molar-refractivity contribution in [1.82, 2.24) is 0 Å². The highest BCUT2D eigenvalue weighted by atomic mass is 16.5. The van der Waals surface area contributed by atoms with Crippen LogP contribution in [0.15, 0.2) is 42.5 Å². The van der Waals surface area contributed by atoms with Crippen molar-refractivity contribution in [3.05, 3.63) is 64.7 Å². The van der Waals surface area contributed by atoms with Crippen molar-refractivity contribution in [3.63, 3.8) is 0 Å². The summed E-state index contributed by atoms with van der Waals surface area (Å²) in [7, 11) is 0. The van der Waals surface area contributed by atoms with Crippen LogP contribution in [0.25, 0.3) is 0 Å². The minimum atomic E-state index is 0.0996. The summed E-state index contributed by atoms with van der Waals surface area (Å²) >= 11 is 0. The second kappa shape index (κ2) is 7.52. The van der Waals surface area contributed by atoms with Crippen LogP contribution >= 0.6 is 0 Å². The van der Waals surface area contributed by atoms with Crippen LogP contribution in [0.1, 0.15) is 28.7 Å². The number of aryl methyl sites for hydroxylation is 1. The summed E-state index contributed by atoms with van der Waals surface area (Å²) < 4.78 is 5.90. The van der Waals surface area contributed by atoms with Crippen molar-refractivity contribution in [2.45, 2.75) is 26.9 Å². The van der Waals surface area contributed by atoms with Gasteiger partial charge in [-0.3, -0.25) is 0 Å². The van der Waals surface area contributed by atoms with Gasteiger partial charge in [0.25, 0.3) is 0 Å². The average Bonchev–Trinajstić information content (AvgIpc) is 2.50. The van der Waals surface area contributed by atoms with Gasteiger partial charge in [-0.15, -0.1) is 0 Å². The Labute approximate surface area is 126 Å². The molecule has 2 aromatic carbocycles. The Balaban J connectivity index is 2.05. The highest BCUT2D eigenvalue weighted by Crippen LogP contribution is 2.21. The van der Waals surface area contributed by atoms with Crippen molar-refractivity contribution < 1.29 is 9.84 Å². The molecule has 21 heavy (non-hydrogen) atoms. The van der Waals surface area contributed by atoms with Crippen LogP contribution in [0.5, 0.6) is 5.75 Å². The molecule has 2 nitrogen and oxygen atoms in total. The van der Waals surface area contributed by atoms with E-state index >= 15 is 0 Å². The predicted molar refractivity (Wildman–Crippen MR) is 85.3 cm³/mol. The fraction of sp³-hybridized carbons (Fsp3) is 0.263. The van der Waals surface area contributed by atoms with E-state index in [9.17, 15) is 0 Å². The van der Waals surface area contributed by atoms with Gasteiger partial charge in [0.05, 0.1) is 6.61 Å². The molecule has 0 unspecified atom stereocenters. The molecule has 0 heterocycles. The topological polar surface area (TPSA) is 29.5 Å². The first-order valence-electron chi connectivity index (χ1n) is 7.08. The lowest BCUT2D eigenvalue weighted by atomic mass is 10.1. The summed E-state index contributed by atoms with van der Waals surface area (Å²) in [4.78, 5) is 0. The molecule has 0 spiro atoms. The van der Waals surface area contributed by atoms with Crippen LogP contribution in [0.2, 0.25) is 0 Å². The van der Waals surface area contributed by atoms with Gasteiger partial charge in [0.2, 0.25) is 0 Å². The molecular formula is C19H20O2. The second-order valence-corrected chi connectivity index (χ2v) is 4.96. The Morgan fingerprint density at radius 2 is 1.90 bits per heavy atom. The molecule has 2 rings (SSSR count). The highest BCUT2D eigenvalue weighted by Gasteiger charge is 2.02. The van der Waals surface area contributed by atoms with Crippen LogP contribution in [0.4, 0.5) is 0 Å². The molecule has 2 aromatic rings. The van der Waals surface area contributed by atoms with E-state index in [4.69, 9.17) is 9.84 Å². The van der Waals surface area contributed by atoms with Gasteiger partial charge < -0.3 is 9.84 Å². The number of aliphatic hydroxyl groups excluding tert-OH is 1. The molecule has 0 aliphatic heterocycles. The van der Waals surface area contributed by atoms with Gasteiger partial charge in [0, 0.05) is 12.0 Å². The van der Waals surface area contributed by atoms with Crippen molar-refractivity contribution >= 4 is 0 Å². The van der Waals surface area contributed by atoms with Gasteiger partial charge in [-0.25, -0.2) is 0 Å². The van der Waals surface area contributed by atoms with Crippen molar-refractivity contribution in [2.24, 2.45) is 0 Å². The van der Waals surface area contributed by atoms with Crippen LogP contribution in [-0.4, -0.2) is 11.7 Å². The third-order valence-corrected chi connectivity index (χ3v) is 3.35. The number of rotatable bonds is 4. The summed E-state index contributed by atoms with van der Waals surface area (Å²) in [5, 5.41) is 8.74. The molecule has 0 radical (unpaired) electrons. The largest absolute Gasteiger partial charge is 0.489 e. The molecule has 0 saturated carbocycles. The SMILES string of the molecule is Cc1cccc(OCc2cccc(C#CCCO)c2)c1C. The van der Waals surface area contributed by atoms with Gasteiger partial charge in [-0.05, 0) is 48.7 Å². The highest BCUT2D eigenvalue weighted by molar-refractivity contribution is 5.39. The smallest absolute Gasteiger partial charge is 0.122 e. The molecule has 0 amide bonds. The normalized spacial score (nSPS) is 9.86. The summed E-state index contributed by atoms with van der Waals surface area (Å²) in [6, 6.07) is 14.1. The Kier molecular flexibility index (Phi) is 5.43. The summed E-state index contributed by atoms with van der Waals surface area (Å²) in [5.74, 6) is 6.89. The summed E-state index contributed by atoms with van der Waals surface area (Å²) in [5.41, 5.74) is 4.45. The zero-order valence-electron chi connectivity index (χ0n) is 12.5. The standard InChI is InChI=1S/C19H20O2/c1-15-7-5-11-19(16(15)2)21-14-18-10-6-9-17(13-18)8-3-4-12-20/h5-7,9-11,13,20H,4,12,14H2,1-2H3. The fourth-order valence-electron chi connectivity index (χ4n) is 2.00. The van der Waals surface area contributed by atoms with Gasteiger partial charge in [-0.2, -0.15) is 0 Å². The van der Waals surface area contributed by atoms with Gasteiger partial charge in [0.1, 0.15) is 12.4 Å². The summed E-state index contributed by atoms with van der Waals surface area (Å²) in [6.45, 7) is 4.78. The summed E-state index contributed by atoms with van der Waals surface area (Å²) in [6.07, 6.45) is 0.503. The van der Waals surface area contributed by atoms with E-state index in [0.29, 0.717) is 13.0 Å². The van der Waals surface area contributed by atoms with E-state index in [0.717, 1.165) is 16.9 Å². The first-order chi connectivity index (χ1) is 10.2. The molecule has 0 aromatic heterocycles. The first-order valence-corrected chi connectivity index (χ1v) is 7.08. The van der Waals surface area contributed by atoms with Crippen LogP contribution in [-0.2, 0) is 6.61 Å². The molecule has 0 saturated heterocycles. The second-order valence-electron chi connectivity index (χ2n) is 4.96. The number of aliphatic hydroxyl groups is 1. The maximum absolute atomic E-state index is 8.74. The lowest BCUT2D eigenvalue weighted by molar-refractivity contribution is 0.304. The van der Waals surface area contributed by atoms with Crippen LogP contribution in [0, 0.1) is 25.7 Å². The Morgan fingerprint density at radius 3 is 2.71 bits per heavy atom. The molecule has 0 aliphatic carbocycles. The van der Waals surface area contributed by atoms with E-state index < -0.39 is 0 Å². The fourth-order valence-corrected chi connectivity index (χ4v) is 2.00. The Bertz CT molecular complexity index is 663. The molecule has 0 bridgehead atoms. The van der Waals surface area contributed by atoms with Crippen molar-refractivity contribution in [1.29, 1.82) is 0 Å². The minimum Gasteiger partial charge on any atom is -0.489 e. The van der Waals surface area contributed by atoms with Gasteiger partial charge in [0.15, 0.2) is 0 Å². The maximum atomic E-state index is 8.74. The average molecular weight is 280 g/mol. The zero-order valence-corrected chi connectivity index (χ0v) is 12.5. The number of hydrogen-bond acceptors (Lipinski definition) is 2. The first kappa shape index (κ1) is 15.2. The minimum absolute atomic E-state index is 0.0996. The van der Waals surface area contributed by atoms with Crippen LogP contribution in [0.3, 0.4) is 0 Å². The molecule has 1 N–H and O–H groups in total. The lowest BCUT2D eigenvalue weighted by Crippen LogP contribution is -1.98. The lowest BCUT2D eigenvalue weighted by Gasteiger charge is -2.11. The molecule has 0 fully saturated rings. The van der Waals surface area contributed by atoms with E-state index in [2.05, 4.69) is 31.8 Å². The van der Waals surface area contributed by atoms with Crippen molar-refractivity contribution in [3.8, 4) is 17.6 Å². The van der Waals surface area contributed by atoms with Gasteiger partial charge >= 0.3 is 0 Å². The van der Waals surface area contributed by atoms with E-state index in [1.807, 2.05) is 36.4 Å². The molecular weight excluding hydrogens is 260 g/mol. The Morgan fingerprint density at radius 1 is 1.10 bits per heavy atom. The maximum Gasteiger partial charge on any atom is 0.122 e. The molecule has 0 aliphatic rings. The zero-order chi connectivity index (χ0) is 15.1. The van der Waals surface area contributed by atoms with E-state index in [-0.39, 0.29) is 6.61 Å². The number of benzene rings is 2. The number of ether oxygens (including phenoxy) is 1. The van der Waals surface area contributed by atoms with Crippen LogP contribution < -0.4 is 4.74 Å².